The van der Waals surface area contributed by atoms with Gasteiger partial charge in [-0.2, -0.15) is 8.78 Å². The molecule has 0 saturated heterocycles. The van der Waals surface area contributed by atoms with Gasteiger partial charge in [-0.15, -0.1) is 11.8 Å². The zero-order valence-corrected chi connectivity index (χ0v) is 15.0. The van der Waals surface area contributed by atoms with Crippen molar-refractivity contribution < 1.29 is 37.0 Å². The molecule has 0 fully saturated rings. The van der Waals surface area contributed by atoms with E-state index >= 15 is 0 Å². The van der Waals surface area contributed by atoms with Gasteiger partial charge in [0.05, 0.1) is 5.75 Å². The van der Waals surface area contributed by atoms with Crippen LogP contribution in [0.3, 0.4) is 0 Å². The number of esters is 1. The van der Waals surface area contributed by atoms with Crippen LogP contribution in [0, 0.1) is 5.82 Å². The zero-order chi connectivity index (χ0) is 20.5. The highest BCUT2D eigenvalue weighted by molar-refractivity contribution is 8.00. The molecule has 2 aromatic carbocycles. The van der Waals surface area contributed by atoms with Crippen molar-refractivity contribution in [2.45, 2.75) is 11.5 Å². The molecule has 6 nitrogen and oxygen atoms in total. The number of nitrogens with one attached hydrogen (secondary N) is 1. The van der Waals surface area contributed by atoms with Crippen LogP contribution in [0.1, 0.15) is 10.4 Å². The number of carbonyl (C=O) groups excluding carboxylic acids is 3. The van der Waals surface area contributed by atoms with E-state index in [9.17, 15) is 27.6 Å². The minimum absolute atomic E-state index is 0.0244. The second kappa shape index (κ2) is 10.4. The topological polar surface area (TPSA) is 81.7 Å². The zero-order valence-electron chi connectivity index (χ0n) is 14.2. The van der Waals surface area contributed by atoms with E-state index in [1.54, 1.807) is 6.07 Å². The second-order valence-electron chi connectivity index (χ2n) is 5.16. The van der Waals surface area contributed by atoms with E-state index < -0.39 is 36.8 Å². The molecule has 0 heterocycles. The van der Waals surface area contributed by atoms with Gasteiger partial charge in [0.2, 0.25) is 0 Å². The minimum Gasteiger partial charge on any atom is -0.455 e. The molecule has 1 N–H and O–H groups in total. The number of amides is 2. The monoisotopic (exact) mass is 413 g/mol. The molecule has 0 aliphatic rings. The first kappa shape index (κ1) is 21.3. The van der Waals surface area contributed by atoms with Crippen molar-refractivity contribution >= 4 is 29.5 Å². The maximum atomic E-state index is 13.4. The van der Waals surface area contributed by atoms with Crippen LogP contribution in [0.4, 0.5) is 13.2 Å². The van der Waals surface area contributed by atoms with Crippen LogP contribution in [-0.2, 0) is 14.3 Å². The quantitative estimate of drug-likeness (QED) is 0.529. The Hall–Kier alpha value is -3.01. The van der Waals surface area contributed by atoms with Crippen LogP contribution in [0.2, 0.25) is 0 Å². The number of alkyl halides is 2. The highest BCUT2D eigenvalue weighted by Gasteiger charge is 2.14. The van der Waals surface area contributed by atoms with Crippen LogP contribution in [0.15, 0.2) is 53.4 Å². The third kappa shape index (κ3) is 6.95. The molecule has 0 aromatic heterocycles. The van der Waals surface area contributed by atoms with Crippen molar-refractivity contribution in [2.24, 2.45) is 0 Å². The van der Waals surface area contributed by atoms with Crippen molar-refractivity contribution in [3.05, 3.63) is 59.9 Å². The van der Waals surface area contributed by atoms with Gasteiger partial charge in [-0.05, 0) is 36.4 Å². The second-order valence-corrected chi connectivity index (χ2v) is 6.18. The van der Waals surface area contributed by atoms with Crippen molar-refractivity contribution in [3.8, 4) is 5.75 Å². The van der Waals surface area contributed by atoms with E-state index in [2.05, 4.69) is 4.74 Å². The first-order valence-corrected chi connectivity index (χ1v) is 8.75. The molecule has 0 aliphatic heterocycles. The number of thioether (sulfide) groups is 1. The van der Waals surface area contributed by atoms with Gasteiger partial charge in [0.15, 0.2) is 6.61 Å². The molecule has 0 aliphatic carbocycles. The van der Waals surface area contributed by atoms with E-state index in [1.165, 1.54) is 30.3 Å². The van der Waals surface area contributed by atoms with E-state index in [4.69, 9.17) is 4.74 Å². The van der Waals surface area contributed by atoms with Crippen LogP contribution >= 0.6 is 11.8 Å². The molecule has 0 radical (unpaired) electrons. The van der Waals surface area contributed by atoms with Crippen LogP contribution in [0.5, 0.6) is 5.75 Å². The Morgan fingerprint density at radius 1 is 1.04 bits per heavy atom. The molecule has 2 amide bonds. The third-order valence-corrected chi connectivity index (χ3v) is 4.16. The lowest BCUT2D eigenvalue weighted by Crippen LogP contribution is -2.34. The molecule has 148 valence electrons. The van der Waals surface area contributed by atoms with Crippen molar-refractivity contribution in [3.63, 3.8) is 0 Å². The predicted octanol–water partition coefficient (Wildman–Crippen LogP) is 3.02. The summed E-state index contributed by atoms with van der Waals surface area (Å²) in [6, 6.07) is 10.5. The molecule has 28 heavy (non-hydrogen) atoms. The summed E-state index contributed by atoms with van der Waals surface area (Å²) in [6.07, 6.45) is 0. The van der Waals surface area contributed by atoms with Crippen molar-refractivity contribution in [1.82, 2.24) is 5.32 Å². The summed E-state index contributed by atoms with van der Waals surface area (Å²) in [5.74, 6) is -3.27. The Morgan fingerprint density at radius 3 is 2.36 bits per heavy atom. The summed E-state index contributed by atoms with van der Waals surface area (Å²) in [7, 11) is 0. The molecule has 0 unspecified atom stereocenters. The summed E-state index contributed by atoms with van der Waals surface area (Å²) in [6.45, 7) is -3.69. The molecular formula is C18H14F3NO5S. The molecule has 0 bridgehead atoms. The van der Waals surface area contributed by atoms with Gasteiger partial charge < -0.3 is 9.47 Å². The summed E-state index contributed by atoms with van der Waals surface area (Å²) in [4.78, 5) is 35.4. The Morgan fingerprint density at radius 2 is 1.71 bits per heavy atom. The molecular weight excluding hydrogens is 399 g/mol. The van der Waals surface area contributed by atoms with Crippen LogP contribution < -0.4 is 10.1 Å². The van der Waals surface area contributed by atoms with Gasteiger partial charge in [-0.3, -0.25) is 19.7 Å². The first-order valence-electron chi connectivity index (χ1n) is 7.77. The van der Waals surface area contributed by atoms with Crippen LogP contribution in [0.25, 0.3) is 0 Å². The van der Waals surface area contributed by atoms with Gasteiger partial charge in [0, 0.05) is 10.5 Å². The van der Waals surface area contributed by atoms with Crippen molar-refractivity contribution in [2.75, 3.05) is 12.4 Å². The highest BCUT2D eigenvalue weighted by atomic mass is 32.2. The van der Waals surface area contributed by atoms with E-state index in [0.717, 1.165) is 23.9 Å². The summed E-state index contributed by atoms with van der Waals surface area (Å²) in [5.41, 5.74) is 0.0244. The van der Waals surface area contributed by atoms with Gasteiger partial charge in [0.1, 0.15) is 11.6 Å². The van der Waals surface area contributed by atoms with Crippen molar-refractivity contribution in [1.29, 1.82) is 0 Å². The predicted molar refractivity (Wildman–Crippen MR) is 93.6 cm³/mol. The number of ether oxygens (including phenoxy) is 2. The number of halogens is 3. The molecule has 2 rings (SSSR count). The Kier molecular flexibility index (Phi) is 7.88. The Labute approximate surface area is 162 Å². The maximum absolute atomic E-state index is 13.4. The lowest BCUT2D eigenvalue weighted by atomic mass is 10.2. The Balaban J connectivity index is 1.74. The number of imide groups is 1. The van der Waals surface area contributed by atoms with E-state index in [0.29, 0.717) is 0 Å². The number of carbonyl (C=O) groups is 3. The fourth-order valence-electron chi connectivity index (χ4n) is 1.91. The molecule has 0 spiro atoms. The molecule has 2 aromatic rings. The smallest absolute Gasteiger partial charge is 0.387 e. The number of benzene rings is 2. The summed E-state index contributed by atoms with van der Waals surface area (Å²) < 4.78 is 46.4. The average Bonchev–Trinajstić information content (AvgIpc) is 2.65. The third-order valence-electron chi connectivity index (χ3n) is 3.14. The Bertz CT molecular complexity index is 845. The lowest BCUT2D eigenvalue weighted by molar-refractivity contribution is -0.145. The molecule has 10 heteroatoms. The van der Waals surface area contributed by atoms with E-state index in [-0.39, 0.29) is 22.0 Å². The average molecular weight is 413 g/mol. The first-order chi connectivity index (χ1) is 13.3. The summed E-state index contributed by atoms with van der Waals surface area (Å²) in [5, 5.41) is 1.98. The SMILES string of the molecule is O=C(COC(=O)CSc1ccccc1F)NC(=O)c1ccc(OC(F)F)cc1. The minimum atomic E-state index is -2.99. The summed E-state index contributed by atoms with van der Waals surface area (Å²) >= 11 is 0.910. The molecule has 0 saturated carbocycles. The molecule has 0 atom stereocenters. The lowest BCUT2D eigenvalue weighted by Gasteiger charge is -2.07. The van der Waals surface area contributed by atoms with Crippen LogP contribution in [-0.4, -0.2) is 36.8 Å². The van der Waals surface area contributed by atoms with E-state index in [1.807, 2.05) is 5.32 Å². The van der Waals surface area contributed by atoms with Gasteiger partial charge in [-0.1, -0.05) is 12.1 Å². The van der Waals surface area contributed by atoms with Gasteiger partial charge in [0.25, 0.3) is 11.8 Å². The number of hydrogen-bond donors (Lipinski definition) is 1. The normalized spacial score (nSPS) is 10.4. The van der Waals surface area contributed by atoms with Gasteiger partial charge >= 0.3 is 12.6 Å². The number of hydrogen-bond acceptors (Lipinski definition) is 6. The standard InChI is InChI=1S/C18H14F3NO5S/c19-13-3-1-2-4-14(13)28-10-16(24)26-9-15(23)22-17(25)11-5-7-12(8-6-11)27-18(20)21/h1-8,18H,9-10H2,(H,22,23,25). The maximum Gasteiger partial charge on any atom is 0.387 e. The fourth-order valence-corrected chi connectivity index (χ4v) is 2.65. The van der Waals surface area contributed by atoms with Gasteiger partial charge in [-0.25, -0.2) is 4.39 Å². The largest absolute Gasteiger partial charge is 0.455 e. The highest BCUT2D eigenvalue weighted by Crippen LogP contribution is 2.21. The fraction of sp³-hybridized carbons (Fsp3) is 0.167. The number of rotatable bonds is 8.